The lowest BCUT2D eigenvalue weighted by molar-refractivity contribution is -0.113. The number of esters is 1. The molecule has 0 saturated carbocycles. The highest BCUT2D eigenvalue weighted by Gasteiger charge is 2.27. The van der Waals surface area contributed by atoms with E-state index in [1.165, 1.54) is 41.5 Å². The van der Waals surface area contributed by atoms with Crippen molar-refractivity contribution >= 4 is 61.5 Å². The summed E-state index contributed by atoms with van der Waals surface area (Å²) in [4.78, 5) is 45.5. The normalized spacial score (nSPS) is 12.8. The van der Waals surface area contributed by atoms with Gasteiger partial charge in [-0.3, -0.25) is 14.2 Å². The number of allylic oxidation sites excluding steroid dienone is 1. The van der Waals surface area contributed by atoms with Crippen molar-refractivity contribution < 1.29 is 14.3 Å². The largest absolute Gasteiger partial charge is 0.465 e. The third-order valence-corrected chi connectivity index (χ3v) is 9.26. The van der Waals surface area contributed by atoms with Crippen LogP contribution >= 0.6 is 34.4 Å². The maximum Gasteiger partial charge on any atom is 0.341 e. The van der Waals surface area contributed by atoms with Gasteiger partial charge in [0.1, 0.15) is 9.83 Å². The highest BCUT2D eigenvalue weighted by Crippen LogP contribution is 2.39. The fourth-order valence-electron chi connectivity index (χ4n) is 4.50. The Bertz CT molecular complexity index is 1550. The fourth-order valence-corrected chi connectivity index (χ4v) is 7.59. The van der Waals surface area contributed by atoms with Crippen LogP contribution in [0.15, 0.2) is 58.3 Å². The van der Waals surface area contributed by atoms with Crippen LogP contribution in [-0.2, 0) is 28.9 Å². The van der Waals surface area contributed by atoms with Crippen molar-refractivity contribution in [3.8, 4) is 11.1 Å². The summed E-state index contributed by atoms with van der Waals surface area (Å²) in [5, 5.41) is 6.40. The summed E-state index contributed by atoms with van der Waals surface area (Å²) in [6.45, 7) is 4.07. The van der Waals surface area contributed by atoms with Crippen molar-refractivity contribution in [2.75, 3.05) is 18.2 Å². The van der Waals surface area contributed by atoms with Crippen LogP contribution in [0.1, 0.15) is 33.6 Å². The second kappa shape index (κ2) is 11.0. The minimum atomic E-state index is -0.429. The van der Waals surface area contributed by atoms with E-state index in [2.05, 4.69) is 11.9 Å². The first-order chi connectivity index (χ1) is 18.0. The SMILES string of the molecule is C=CCn1c(SCC(=O)Nc2sc3c(c2C(=O)OC)CCCC3)nc2scc(-c3ccccc3)c2c1=O. The van der Waals surface area contributed by atoms with E-state index < -0.39 is 5.97 Å². The molecule has 1 N–H and O–H groups in total. The lowest BCUT2D eigenvalue weighted by atomic mass is 9.95. The number of carbonyl (C=O) groups excluding carboxylic acids is 2. The molecule has 190 valence electrons. The zero-order valence-corrected chi connectivity index (χ0v) is 22.7. The highest BCUT2D eigenvalue weighted by atomic mass is 32.2. The first kappa shape index (κ1) is 25.4. The van der Waals surface area contributed by atoms with E-state index in [4.69, 9.17) is 9.72 Å². The molecule has 0 saturated heterocycles. The van der Waals surface area contributed by atoms with E-state index in [-0.39, 0.29) is 23.8 Å². The Morgan fingerprint density at radius 2 is 2.03 bits per heavy atom. The number of hydrogen-bond acceptors (Lipinski definition) is 8. The van der Waals surface area contributed by atoms with Gasteiger partial charge in [0.15, 0.2) is 5.16 Å². The molecule has 0 radical (unpaired) electrons. The van der Waals surface area contributed by atoms with E-state index in [1.54, 1.807) is 10.6 Å². The van der Waals surface area contributed by atoms with Gasteiger partial charge in [0.2, 0.25) is 5.91 Å². The maximum atomic E-state index is 13.5. The summed E-state index contributed by atoms with van der Waals surface area (Å²) >= 11 is 4.05. The van der Waals surface area contributed by atoms with Crippen LogP contribution in [0.25, 0.3) is 21.3 Å². The molecule has 0 bridgehead atoms. The van der Waals surface area contributed by atoms with Crippen LogP contribution in [-0.4, -0.2) is 34.3 Å². The Morgan fingerprint density at radius 3 is 2.78 bits per heavy atom. The van der Waals surface area contributed by atoms with Crippen LogP contribution in [0.2, 0.25) is 0 Å². The molecule has 1 aliphatic rings. The van der Waals surface area contributed by atoms with E-state index in [1.807, 2.05) is 35.7 Å². The number of fused-ring (bicyclic) bond motifs is 2. The average molecular weight is 552 g/mol. The van der Waals surface area contributed by atoms with Gasteiger partial charge in [-0.2, -0.15) is 0 Å². The van der Waals surface area contributed by atoms with Crippen LogP contribution in [0, 0.1) is 0 Å². The molecule has 4 aromatic rings. The summed E-state index contributed by atoms with van der Waals surface area (Å²) in [6.07, 6.45) is 5.44. The number of aromatic nitrogens is 2. The highest BCUT2D eigenvalue weighted by molar-refractivity contribution is 7.99. The van der Waals surface area contributed by atoms with Crippen molar-refractivity contribution in [2.45, 2.75) is 37.4 Å². The number of methoxy groups -OCH3 is 1. The zero-order valence-electron chi connectivity index (χ0n) is 20.2. The molecule has 0 spiro atoms. The van der Waals surface area contributed by atoms with Crippen LogP contribution in [0.3, 0.4) is 0 Å². The Labute approximate surface area is 226 Å². The molecule has 1 amide bonds. The van der Waals surface area contributed by atoms with Crippen molar-refractivity contribution in [1.82, 2.24) is 9.55 Å². The predicted octanol–water partition coefficient (Wildman–Crippen LogP) is 5.77. The first-order valence-electron chi connectivity index (χ1n) is 11.9. The van der Waals surface area contributed by atoms with Gasteiger partial charge in [-0.1, -0.05) is 48.2 Å². The third-order valence-electron chi connectivity index (χ3n) is 6.20. The topological polar surface area (TPSA) is 90.3 Å². The smallest absolute Gasteiger partial charge is 0.341 e. The number of nitrogens with one attached hydrogen (secondary N) is 1. The summed E-state index contributed by atoms with van der Waals surface area (Å²) in [5.41, 5.74) is 3.10. The van der Waals surface area contributed by atoms with E-state index in [0.29, 0.717) is 25.9 Å². The van der Waals surface area contributed by atoms with Crippen molar-refractivity contribution in [3.05, 3.63) is 74.7 Å². The number of hydrogen-bond donors (Lipinski definition) is 1. The molecule has 0 aliphatic heterocycles. The molecular weight excluding hydrogens is 527 g/mol. The molecular formula is C27H25N3O4S3. The van der Waals surface area contributed by atoms with Gasteiger partial charge in [-0.05, 0) is 36.8 Å². The van der Waals surface area contributed by atoms with Crippen molar-refractivity contribution in [3.63, 3.8) is 0 Å². The number of carbonyl (C=O) groups is 2. The van der Waals surface area contributed by atoms with E-state index in [0.717, 1.165) is 47.3 Å². The number of rotatable bonds is 8. The molecule has 5 rings (SSSR count). The van der Waals surface area contributed by atoms with Gasteiger partial charge in [0.25, 0.3) is 5.56 Å². The summed E-state index contributed by atoms with van der Waals surface area (Å²) in [6, 6.07) is 9.75. The average Bonchev–Trinajstić information content (AvgIpc) is 3.51. The van der Waals surface area contributed by atoms with Gasteiger partial charge in [0.05, 0.1) is 23.8 Å². The summed E-state index contributed by atoms with van der Waals surface area (Å²) in [7, 11) is 1.35. The van der Waals surface area contributed by atoms with Gasteiger partial charge in [0, 0.05) is 22.4 Å². The fraction of sp³-hybridized carbons (Fsp3) is 0.259. The second-order valence-corrected chi connectivity index (χ2v) is 11.4. The Kier molecular flexibility index (Phi) is 7.59. The Morgan fingerprint density at radius 1 is 1.24 bits per heavy atom. The standard InChI is InChI=1S/C27H25N3O4S3/c1-3-13-30-25(32)21-18(16-9-5-4-6-10-16)14-35-23(21)29-27(30)36-15-20(31)28-24-22(26(33)34-2)17-11-7-8-12-19(17)37-24/h3-6,9-10,14H,1,7-8,11-13,15H2,2H3,(H,28,31). The molecule has 1 aliphatic carbocycles. The minimum Gasteiger partial charge on any atom is -0.465 e. The molecule has 3 heterocycles. The van der Waals surface area contributed by atoms with E-state index in [9.17, 15) is 14.4 Å². The second-order valence-electron chi connectivity index (χ2n) is 8.54. The Balaban J connectivity index is 1.41. The van der Waals surface area contributed by atoms with Crippen molar-refractivity contribution in [1.29, 1.82) is 0 Å². The maximum absolute atomic E-state index is 13.5. The molecule has 0 fully saturated rings. The number of nitrogens with zero attached hydrogens (tertiary/aromatic N) is 2. The molecule has 7 nitrogen and oxygen atoms in total. The van der Waals surface area contributed by atoms with Crippen molar-refractivity contribution in [2.24, 2.45) is 0 Å². The van der Waals surface area contributed by atoms with Gasteiger partial charge in [-0.15, -0.1) is 29.3 Å². The number of aryl methyl sites for hydroxylation is 1. The molecule has 0 atom stereocenters. The van der Waals surface area contributed by atoms with Crippen LogP contribution in [0.5, 0.6) is 0 Å². The van der Waals surface area contributed by atoms with Gasteiger partial charge in [-0.25, -0.2) is 9.78 Å². The molecule has 3 aromatic heterocycles. The summed E-state index contributed by atoms with van der Waals surface area (Å²) in [5.74, 6) is -0.666. The number of anilines is 1. The van der Waals surface area contributed by atoms with Gasteiger partial charge >= 0.3 is 5.97 Å². The number of thiophene rings is 2. The lowest BCUT2D eigenvalue weighted by Crippen LogP contribution is -2.23. The minimum absolute atomic E-state index is 0.0369. The zero-order chi connectivity index (χ0) is 25.9. The third kappa shape index (κ3) is 5.01. The van der Waals surface area contributed by atoms with Crippen LogP contribution in [0.4, 0.5) is 5.00 Å². The monoisotopic (exact) mass is 551 g/mol. The molecule has 37 heavy (non-hydrogen) atoms. The predicted molar refractivity (Wildman–Crippen MR) is 151 cm³/mol. The number of benzene rings is 1. The number of ether oxygens (including phenoxy) is 1. The first-order valence-corrected chi connectivity index (χ1v) is 14.5. The molecule has 1 aromatic carbocycles. The van der Waals surface area contributed by atoms with Gasteiger partial charge < -0.3 is 10.1 Å². The molecule has 10 heteroatoms. The summed E-state index contributed by atoms with van der Waals surface area (Å²) < 4.78 is 6.55. The lowest BCUT2D eigenvalue weighted by Gasteiger charge is -2.12. The number of amides is 1. The number of thioether (sulfide) groups is 1. The quantitative estimate of drug-likeness (QED) is 0.129. The van der Waals surface area contributed by atoms with Crippen LogP contribution < -0.4 is 10.9 Å². The Hall–Kier alpha value is -3.21. The molecule has 0 unspecified atom stereocenters. The van der Waals surface area contributed by atoms with E-state index >= 15 is 0 Å².